The Morgan fingerprint density at radius 3 is 2.38 bits per heavy atom. The van der Waals surface area contributed by atoms with Crippen LogP contribution < -0.4 is 4.90 Å². The van der Waals surface area contributed by atoms with E-state index in [1.165, 1.54) is 5.69 Å². The van der Waals surface area contributed by atoms with E-state index in [1.54, 1.807) is 18.7 Å². The van der Waals surface area contributed by atoms with Crippen LogP contribution in [0, 0.1) is 13.8 Å². The number of rotatable bonds is 3. The fourth-order valence-electron chi connectivity index (χ4n) is 3.88. The Hall–Kier alpha value is -2.87. The number of para-hydroxylation sites is 1. The molecular weight excluding hydrogens is 372 g/mol. The van der Waals surface area contributed by atoms with Crippen LogP contribution in [0.25, 0.3) is 0 Å². The number of hydrogen-bond donors (Lipinski definition) is 0. The number of carbonyl (C=O) groups is 2. The van der Waals surface area contributed by atoms with Gasteiger partial charge in [0.15, 0.2) is 12.0 Å². The van der Waals surface area contributed by atoms with Crippen LogP contribution in [0.15, 0.2) is 34.7 Å². The predicted molar refractivity (Wildman–Crippen MR) is 107 cm³/mol. The quantitative estimate of drug-likeness (QED) is 0.779. The Morgan fingerprint density at radius 2 is 1.72 bits per heavy atom. The van der Waals surface area contributed by atoms with Gasteiger partial charge in [-0.05, 0) is 19.1 Å². The maximum Gasteiger partial charge on any atom is 0.291 e. The number of amides is 2. The van der Waals surface area contributed by atoms with Crippen molar-refractivity contribution < 1.29 is 18.7 Å². The van der Waals surface area contributed by atoms with E-state index in [0.29, 0.717) is 37.8 Å². The number of benzene rings is 1. The average molecular weight is 398 g/mol. The Kier molecular flexibility index (Phi) is 5.53. The van der Waals surface area contributed by atoms with Gasteiger partial charge in [0, 0.05) is 45.3 Å². The molecule has 2 aliphatic rings. The average Bonchev–Trinajstić information content (AvgIpc) is 3.11. The van der Waals surface area contributed by atoms with Gasteiger partial charge < -0.3 is 23.9 Å². The van der Waals surface area contributed by atoms with Gasteiger partial charge in [-0.15, -0.1) is 0 Å². The van der Waals surface area contributed by atoms with Gasteiger partial charge in [-0.25, -0.2) is 4.98 Å². The molecule has 2 aliphatic heterocycles. The predicted octanol–water partition coefficient (Wildman–Crippen LogP) is 1.48. The van der Waals surface area contributed by atoms with E-state index >= 15 is 0 Å². The van der Waals surface area contributed by atoms with E-state index in [1.807, 2.05) is 23.1 Å². The summed E-state index contributed by atoms with van der Waals surface area (Å²) in [5.74, 6) is 0.411. The minimum atomic E-state index is -0.639. The molecule has 0 radical (unpaired) electrons. The van der Waals surface area contributed by atoms with Crippen molar-refractivity contribution in [2.24, 2.45) is 0 Å². The molecule has 8 heteroatoms. The van der Waals surface area contributed by atoms with Crippen molar-refractivity contribution in [2.75, 3.05) is 50.8 Å². The summed E-state index contributed by atoms with van der Waals surface area (Å²) < 4.78 is 11.2. The Bertz CT molecular complexity index is 874. The second-order valence-corrected chi connectivity index (χ2v) is 7.41. The second kappa shape index (κ2) is 8.24. The van der Waals surface area contributed by atoms with Gasteiger partial charge in [-0.3, -0.25) is 9.59 Å². The van der Waals surface area contributed by atoms with Crippen LogP contribution in [0.5, 0.6) is 0 Å². The van der Waals surface area contributed by atoms with Gasteiger partial charge in [-0.1, -0.05) is 18.2 Å². The van der Waals surface area contributed by atoms with E-state index in [-0.39, 0.29) is 24.1 Å². The summed E-state index contributed by atoms with van der Waals surface area (Å²) in [6, 6.07) is 10.2. The molecule has 2 fully saturated rings. The number of nitrogens with zero attached hydrogens (tertiary/aromatic N) is 4. The zero-order valence-electron chi connectivity index (χ0n) is 16.8. The van der Waals surface area contributed by atoms with Gasteiger partial charge >= 0.3 is 0 Å². The number of anilines is 1. The summed E-state index contributed by atoms with van der Waals surface area (Å²) in [5.41, 5.74) is 1.74. The van der Waals surface area contributed by atoms with Crippen LogP contribution in [0.1, 0.15) is 22.1 Å². The number of ether oxygens (including phenoxy) is 1. The molecule has 0 aliphatic carbocycles. The third kappa shape index (κ3) is 4.12. The maximum absolute atomic E-state index is 13.0. The molecule has 4 rings (SSSR count). The molecular formula is C21H26N4O4. The molecule has 0 bridgehead atoms. The van der Waals surface area contributed by atoms with Gasteiger partial charge in [0.2, 0.25) is 5.76 Å². The molecule has 29 heavy (non-hydrogen) atoms. The van der Waals surface area contributed by atoms with E-state index in [2.05, 4.69) is 22.0 Å². The standard InChI is InChI=1S/C21H26N4O4/c1-15-19(29-16(2)22-15)21(27)25-12-13-28-18(14-25)20(26)24-10-8-23(9-11-24)17-6-4-3-5-7-17/h3-7,18H,8-14H2,1-2H3/t18-/m0/s1. The lowest BCUT2D eigenvalue weighted by atomic mass is 10.2. The first-order valence-electron chi connectivity index (χ1n) is 9.96. The van der Waals surface area contributed by atoms with Crippen molar-refractivity contribution in [1.29, 1.82) is 0 Å². The largest absolute Gasteiger partial charge is 0.436 e. The van der Waals surface area contributed by atoms with Gasteiger partial charge in [0.05, 0.1) is 18.8 Å². The summed E-state index contributed by atoms with van der Waals surface area (Å²) in [4.78, 5) is 35.7. The summed E-state index contributed by atoms with van der Waals surface area (Å²) in [6.07, 6.45) is -0.639. The number of morpholine rings is 1. The summed E-state index contributed by atoms with van der Waals surface area (Å²) >= 11 is 0. The Morgan fingerprint density at radius 1 is 1.00 bits per heavy atom. The van der Waals surface area contributed by atoms with Crippen LogP contribution in [-0.2, 0) is 9.53 Å². The molecule has 0 saturated carbocycles. The normalized spacial score (nSPS) is 20.1. The molecule has 2 saturated heterocycles. The van der Waals surface area contributed by atoms with Crippen molar-refractivity contribution in [3.05, 3.63) is 47.7 Å². The fourth-order valence-corrected chi connectivity index (χ4v) is 3.88. The number of piperazine rings is 1. The minimum absolute atomic E-state index is 0.0549. The first kappa shape index (κ1) is 19.4. The molecule has 2 amide bonds. The Labute approximate surface area is 170 Å². The van der Waals surface area contributed by atoms with Gasteiger partial charge in [-0.2, -0.15) is 0 Å². The number of aromatic nitrogens is 1. The second-order valence-electron chi connectivity index (χ2n) is 7.41. The minimum Gasteiger partial charge on any atom is -0.436 e. The third-order valence-electron chi connectivity index (χ3n) is 5.44. The topological polar surface area (TPSA) is 79.1 Å². The van der Waals surface area contributed by atoms with Crippen molar-refractivity contribution in [3.8, 4) is 0 Å². The zero-order chi connectivity index (χ0) is 20.4. The van der Waals surface area contributed by atoms with Crippen molar-refractivity contribution in [2.45, 2.75) is 20.0 Å². The highest BCUT2D eigenvalue weighted by molar-refractivity contribution is 5.93. The molecule has 154 valence electrons. The maximum atomic E-state index is 13.0. The summed E-state index contributed by atoms with van der Waals surface area (Å²) in [5, 5.41) is 0. The first-order valence-corrected chi connectivity index (χ1v) is 9.96. The lowest BCUT2D eigenvalue weighted by Crippen LogP contribution is -2.56. The van der Waals surface area contributed by atoms with Gasteiger partial charge in [0.1, 0.15) is 0 Å². The van der Waals surface area contributed by atoms with Crippen molar-refractivity contribution in [3.63, 3.8) is 0 Å². The van der Waals surface area contributed by atoms with Crippen LogP contribution in [-0.4, -0.2) is 78.6 Å². The van der Waals surface area contributed by atoms with Crippen LogP contribution in [0.3, 0.4) is 0 Å². The lowest BCUT2D eigenvalue weighted by Gasteiger charge is -2.39. The van der Waals surface area contributed by atoms with Gasteiger partial charge in [0.25, 0.3) is 11.8 Å². The lowest BCUT2D eigenvalue weighted by molar-refractivity contribution is -0.148. The molecule has 8 nitrogen and oxygen atoms in total. The zero-order valence-corrected chi connectivity index (χ0v) is 16.8. The van der Waals surface area contributed by atoms with Crippen molar-refractivity contribution >= 4 is 17.5 Å². The number of carbonyl (C=O) groups excluding carboxylic acids is 2. The molecule has 1 aromatic carbocycles. The monoisotopic (exact) mass is 398 g/mol. The highest BCUT2D eigenvalue weighted by atomic mass is 16.5. The Balaban J connectivity index is 1.35. The number of hydrogen-bond acceptors (Lipinski definition) is 6. The van der Waals surface area contributed by atoms with Crippen LogP contribution in [0.4, 0.5) is 5.69 Å². The molecule has 2 aromatic rings. The van der Waals surface area contributed by atoms with E-state index < -0.39 is 6.10 Å². The highest BCUT2D eigenvalue weighted by Crippen LogP contribution is 2.19. The first-order chi connectivity index (χ1) is 14.0. The van der Waals surface area contributed by atoms with E-state index in [4.69, 9.17) is 9.15 Å². The summed E-state index contributed by atoms with van der Waals surface area (Å²) in [6.45, 7) is 7.30. The fraction of sp³-hybridized carbons (Fsp3) is 0.476. The molecule has 0 unspecified atom stereocenters. The third-order valence-corrected chi connectivity index (χ3v) is 5.44. The highest BCUT2D eigenvalue weighted by Gasteiger charge is 2.35. The SMILES string of the molecule is Cc1nc(C)c(C(=O)N2CCO[C@H](C(=O)N3CCN(c4ccccc4)CC3)C2)o1. The number of aryl methyl sites for hydroxylation is 2. The van der Waals surface area contributed by atoms with E-state index in [0.717, 1.165) is 13.1 Å². The smallest absolute Gasteiger partial charge is 0.291 e. The molecule has 0 N–H and O–H groups in total. The van der Waals surface area contributed by atoms with Crippen LogP contribution in [0.2, 0.25) is 0 Å². The molecule has 0 spiro atoms. The van der Waals surface area contributed by atoms with E-state index in [9.17, 15) is 9.59 Å². The molecule has 1 aromatic heterocycles. The van der Waals surface area contributed by atoms with Crippen molar-refractivity contribution in [1.82, 2.24) is 14.8 Å². The number of oxazole rings is 1. The summed E-state index contributed by atoms with van der Waals surface area (Å²) in [7, 11) is 0. The molecule has 1 atom stereocenters. The molecule has 3 heterocycles. The van der Waals surface area contributed by atoms with Crippen LogP contribution >= 0.6 is 0 Å².